The number of nitrogen functional groups attached to an aromatic ring is 1. The van der Waals surface area contributed by atoms with Crippen molar-refractivity contribution in [1.82, 2.24) is 19.7 Å². The van der Waals surface area contributed by atoms with E-state index >= 15 is 0 Å². The maximum absolute atomic E-state index is 5.77. The van der Waals surface area contributed by atoms with Crippen molar-refractivity contribution < 1.29 is 0 Å². The second-order valence-electron chi connectivity index (χ2n) is 3.63. The minimum atomic E-state index is 0.529. The van der Waals surface area contributed by atoms with Crippen LogP contribution in [0, 0.1) is 0 Å². The summed E-state index contributed by atoms with van der Waals surface area (Å²) in [6.45, 7) is 0.686. The summed E-state index contributed by atoms with van der Waals surface area (Å²) in [5.41, 5.74) is 6.31. The number of hydrogen-bond acceptors (Lipinski definition) is 5. The second-order valence-corrected chi connectivity index (χ2v) is 4.06. The number of pyridine rings is 1. The third kappa shape index (κ3) is 2.85. The molecule has 0 radical (unpaired) electrons. The van der Waals surface area contributed by atoms with Crippen molar-refractivity contribution in [1.29, 1.82) is 0 Å². The van der Waals surface area contributed by atoms with Crippen molar-refractivity contribution in [3.05, 3.63) is 29.4 Å². The molecule has 2 rings (SSSR count). The Morgan fingerprint density at radius 1 is 1.53 bits per heavy atom. The standard InChI is InChI=1S/C10H13ClN6/c1-17-6-15-16-9(17)2-3-13-10-8(12)4-7(11)5-14-10/h4-6H,2-3,12H2,1H3,(H,13,14). The van der Waals surface area contributed by atoms with Crippen molar-refractivity contribution in [3.8, 4) is 0 Å². The third-order valence-electron chi connectivity index (χ3n) is 2.33. The van der Waals surface area contributed by atoms with Gasteiger partial charge in [-0.3, -0.25) is 0 Å². The van der Waals surface area contributed by atoms with Crippen LogP contribution in [0.25, 0.3) is 0 Å². The van der Waals surface area contributed by atoms with Crippen LogP contribution >= 0.6 is 11.6 Å². The molecule has 2 heterocycles. The molecule has 3 N–H and O–H groups in total. The molecule has 0 aliphatic carbocycles. The lowest BCUT2D eigenvalue weighted by molar-refractivity contribution is 0.787. The first-order valence-corrected chi connectivity index (χ1v) is 5.52. The number of anilines is 2. The zero-order valence-corrected chi connectivity index (χ0v) is 10.1. The Kier molecular flexibility index (Phi) is 3.43. The fraction of sp³-hybridized carbons (Fsp3) is 0.300. The fourth-order valence-corrected chi connectivity index (χ4v) is 1.60. The summed E-state index contributed by atoms with van der Waals surface area (Å²) in [6, 6.07) is 1.67. The molecule has 0 unspecified atom stereocenters. The number of nitrogens with zero attached hydrogens (tertiary/aromatic N) is 4. The molecule has 0 fully saturated rings. The molecule has 0 aromatic carbocycles. The van der Waals surface area contributed by atoms with Crippen LogP contribution < -0.4 is 11.1 Å². The average Bonchev–Trinajstić information content (AvgIpc) is 2.68. The van der Waals surface area contributed by atoms with Crippen LogP contribution in [0.15, 0.2) is 18.6 Å². The molecule has 2 aromatic rings. The first kappa shape index (κ1) is 11.7. The summed E-state index contributed by atoms with van der Waals surface area (Å²) < 4.78 is 1.88. The van der Waals surface area contributed by atoms with Crippen LogP contribution in [0.5, 0.6) is 0 Å². The molecular weight excluding hydrogens is 240 g/mol. The minimum Gasteiger partial charge on any atom is -0.396 e. The van der Waals surface area contributed by atoms with E-state index in [0.29, 0.717) is 23.1 Å². The monoisotopic (exact) mass is 252 g/mol. The highest BCUT2D eigenvalue weighted by atomic mass is 35.5. The molecule has 0 aliphatic heterocycles. The predicted molar refractivity (Wildman–Crippen MR) is 66.9 cm³/mol. The molecule has 0 bridgehead atoms. The lowest BCUT2D eigenvalue weighted by Crippen LogP contribution is -2.10. The summed E-state index contributed by atoms with van der Waals surface area (Å²) in [7, 11) is 1.91. The van der Waals surface area contributed by atoms with Gasteiger partial charge in [-0.25, -0.2) is 4.98 Å². The number of nitrogens with one attached hydrogen (secondary N) is 1. The van der Waals surface area contributed by atoms with Gasteiger partial charge < -0.3 is 15.6 Å². The van der Waals surface area contributed by atoms with Crippen LogP contribution in [-0.2, 0) is 13.5 Å². The molecule has 0 atom stereocenters. The smallest absolute Gasteiger partial charge is 0.149 e. The Labute approximate surface area is 104 Å². The molecule has 0 spiro atoms. The lowest BCUT2D eigenvalue weighted by atomic mass is 10.3. The Morgan fingerprint density at radius 2 is 2.35 bits per heavy atom. The molecule has 90 valence electrons. The van der Waals surface area contributed by atoms with Crippen LogP contribution in [0.3, 0.4) is 0 Å². The number of nitrogens with two attached hydrogens (primary N) is 1. The molecule has 17 heavy (non-hydrogen) atoms. The second kappa shape index (κ2) is 5.01. The quantitative estimate of drug-likeness (QED) is 0.852. The van der Waals surface area contributed by atoms with E-state index in [1.807, 2.05) is 11.6 Å². The average molecular weight is 253 g/mol. The highest BCUT2D eigenvalue weighted by Crippen LogP contribution is 2.18. The Balaban J connectivity index is 1.92. The van der Waals surface area contributed by atoms with Crippen molar-refractivity contribution in [2.75, 3.05) is 17.6 Å². The molecule has 6 nitrogen and oxygen atoms in total. The van der Waals surface area contributed by atoms with Gasteiger partial charge in [-0.1, -0.05) is 11.6 Å². The van der Waals surface area contributed by atoms with Gasteiger partial charge in [-0.15, -0.1) is 10.2 Å². The van der Waals surface area contributed by atoms with Gasteiger partial charge in [-0.2, -0.15) is 0 Å². The van der Waals surface area contributed by atoms with E-state index in [1.165, 1.54) is 0 Å². The SMILES string of the molecule is Cn1cnnc1CCNc1ncc(Cl)cc1N. The Hall–Kier alpha value is -1.82. The van der Waals surface area contributed by atoms with Gasteiger partial charge in [0, 0.05) is 26.2 Å². The molecule has 0 saturated carbocycles. The van der Waals surface area contributed by atoms with Crippen molar-refractivity contribution in [3.63, 3.8) is 0 Å². The number of rotatable bonds is 4. The third-order valence-corrected chi connectivity index (χ3v) is 2.54. The zero-order chi connectivity index (χ0) is 12.3. The number of hydrogen-bond donors (Lipinski definition) is 2. The van der Waals surface area contributed by atoms with Crippen LogP contribution in [0.4, 0.5) is 11.5 Å². The fourth-order valence-electron chi connectivity index (χ4n) is 1.43. The Morgan fingerprint density at radius 3 is 3.00 bits per heavy atom. The number of aryl methyl sites for hydroxylation is 1. The van der Waals surface area contributed by atoms with Gasteiger partial charge in [0.2, 0.25) is 0 Å². The summed E-state index contributed by atoms with van der Waals surface area (Å²) in [5.74, 6) is 1.54. The number of halogens is 1. The normalized spacial score (nSPS) is 10.5. The van der Waals surface area contributed by atoms with Gasteiger partial charge in [0.05, 0.1) is 10.7 Å². The van der Waals surface area contributed by atoms with Gasteiger partial charge in [0.25, 0.3) is 0 Å². The summed E-state index contributed by atoms with van der Waals surface area (Å²) in [5, 5.41) is 11.4. The van der Waals surface area contributed by atoms with Crippen molar-refractivity contribution in [2.24, 2.45) is 7.05 Å². The maximum atomic E-state index is 5.77. The molecule has 0 amide bonds. The summed E-state index contributed by atoms with van der Waals surface area (Å²) in [4.78, 5) is 4.11. The van der Waals surface area contributed by atoms with E-state index in [0.717, 1.165) is 12.2 Å². The minimum absolute atomic E-state index is 0.529. The topological polar surface area (TPSA) is 81.7 Å². The number of aromatic nitrogens is 4. The lowest BCUT2D eigenvalue weighted by Gasteiger charge is -2.07. The molecular formula is C10H13ClN6. The van der Waals surface area contributed by atoms with Gasteiger partial charge in [0.1, 0.15) is 18.0 Å². The van der Waals surface area contributed by atoms with Gasteiger partial charge in [0.15, 0.2) is 0 Å². The molecule has 7 heteroatoms. The van der Waals surface area contributed by atoms with Gasteiger partial charge >= 0.3 is 0 Å². The van der Waals surface area contributed by atoms with E-state index in [4.69, 9.17) is 17.3 Å². The first-order chi connectivity index (χ1) is 8.16. The molecule has 2 aromatic heterocycles. The first-order valence-electron chi connectivity index (χ1n) is 5.14. The summed E-state index contributed by atoms with van der Waals surface area (Å²) >= 11 is 5.76. The van der Waals surface area contributed by atoms with Crippen LogP contribution in [0.2, 0.25) is 5.02 Å². The van der Waals surface area contributed by atoms with E-state index in [1.54, 1.807) is 18.6 Å². The largest absolute Gasteiger partial charge is 0.396 e. The van der Waals surface area contributed by atoms with E-state index in [2.05, 4.69) is 20.5 Å². The molecule has 0 saturated heterocycles. The van der Waals surface area contributed by atoms with E-state index in [-0.39, 0.29) is 0 Å². The van der Waals surface area contributed by atoms with Crippen molar-refractivity contribution in [2.45, 2.75) is 6.42 Å². The Bertz CT molecular complexity index is 509. The zero-order valence-electron chi connectivity index (χ0n) is 9.39. The maximum Gasteiger partial charge on any atom is 0.149 e. The van der Waals surface area contributed by atoms with Crippen LogP contribution in [0.1, 0.15) is 5.82 Å². The van der Waals surface area contributed by atoms with Gasteiger partial charge in [-0.05, 0) is 6.07 Å². The predicted octanol–water partition coefficient (Wildman–Crippen LogP) is 1.10. The van der Waals surface area contributed by atoms with E-state index < -0.39 is 0 Å². The highest BCUT2D eigenvalue weighted by Gasteiger charge is 2.03. The van der Waals surface area contributed by atoms with E-state index in [9.17, 15) is 0 Å². The van der Waals surface area contributed by atoms with Crippen molar-refractivity contribution >= 4 is 23.1 Å². The summed E-state index contributed by atoms with van der Waals surface area (Å²) in [6.07, 6.45) is 3.98. The van der Waals surface area contributed by atoms with Crippen LogP contribution in [-0.4, -0.2) is 26.3 Å². The molecule has 0 aliphatic rings. The highest BCUT2D eigenvalue weighted by molar-refractivity contribution is 6.30.